The maximum Gasteiger partial charge on any atom is 1.00 e. The van der Waals surface area contributed by atoms with Crippen molar-refractivity contribution >= 4 is 5.78 Å². The summed E-state index contributed by atoms with van der Waals surface area (Å²) in [5.74, 6) is 0.0752. The van der Waals surface area contributed by atoms with Crippen molar-refractivity contribution in [2.45, 2.75) is 6.10 Å². The first kappa shape index (κ1) is 34.3. The Hall–Kier alpha value is 0.120. The molecular weight excluding hydrogens is 539 g/mol. The zero-order valence-corrected chi connectivity index (χ0v) is 29.3. The summed E-state index contributed by atoms with van der Waals surface area (Å²) in [6.07, 6.45) is -0.516. The van der Waals surface area contributed by atoms with Gasteiger partial charge in [-0.1, -0.05) is 121 Å². The Morgan fingerprint density at radius 1 is 0.500 bits per heavy atom. The van der Waals surface area contributed by atoms with Crippen molar-refractivity contribution in [3.05, 3.63) is 158 Å². The SMILES string of the molecule is O=C(c1ccccc1)c1ccccc1.OC(c1ccccc1)c1ccccc1.[CH3-].[CH3-].[Rb+].[Rb+]. The van der Waals surface area contributed by atoms with Crippen molar-refractivity contribution in [1.82, 2.24) is 0 Å². The van der Waals surface area contributed by atoms with Gasteiger partial charge in [0.1, 0.15) is 6.10 Å². The summed E-state index contributed by atoms with van der Waals surface area (Å²) in [6, 6.07) is 37.9. The van der Waals surface area contributed by atoms with E-state index in [2.05, 4.69) is 0 Å². The second-order valence-corrected chi connectivity index (χ2v) is 6.29. The van der Waals surface area contributed by atoms with E-state index < -0.39 is 6.10 Å². The topological polar surface area (TPSA) is 37.3 Å². The summed E-state index contributed by atoms with van der Waals surface area (Å²) in [5, 5.41) is 9.99. The third-order valence-electron chi connectivity index (χ3n) is 4.30. The van der Waals surface area contributed by atoms with Crippen molar-refractivity contribution in [3.8, 4) is 0 Å². The zero-order chi connectivity index (χ0) is 19.6. The second-order valence-electron chi connectivity index (χ2n) is 6.29. The number of benzene rings is 4. The summed E-state index contributed by atoms with van der Waals surface area (Å²) < 4.78 is 0. The Labute approximate surface area is 291 Å². The molecule has 0 saturated carbocycles. The standard InChI is InChI=1S/C13H12O.C13H10O.2CH3.2Rb/c2*14-13(11-7-3-1-4-8-11)12-9-5-2-6-10-12;;;;/h1-10,13-14H;1-10H;2*1H3;;/q;;2*-1;2*+1. The molecule has 154 valence electrons. The fourth-order valence-electron chi connectivity index (χ4n) is 2.81. The molecule has 1 N–H and O–H groups in total. The quantitative estimate of drug-likeness (QED) is 0.290. The number of ketones is 1. The van der Waals surface area contributed by atoms with Crippen LogP contribution in [-0.4, -0.2) is 10.9 Å². The van der Waals surface area contributed by atoms with E-state index in [0.717, 1.165) is 22.3 Å². The molecule has 4 aromatic rings. The van der Waals surface area contributed by atoms with E-state index >= 15 is 0 Å². The van der Waals surface area contributed by atoms with Crippen LogP contribution in [0.15, 0.2) is 121 Å². The van der Waals surface area contributed by atoms with E-state index in [-0.39, 0.29) is 137 Å². The van der Waals surface area contributed by atoms with Crippen molar-refractivity contribution in [2.24, 2.45) is 0 Å². The third kappa shape index (κ3) is 11.0. The molecule has 0 bridgehead atoms. The summed E-state index contributed by atoms with van der Waals surface area (Å²) in [6.45, 7) is 0. The molecular formula is C28H28O2Rb2. The first-order chi connectivity index (χ1) is 13.8. The number of hydrogen-bond acceptors (Lipinski definition) is 2. The molecule has 0 saturated heterocycles. The monoisotopic (exact) mass is 566 g/mol. The van der Waals surface area contributed by atoms with Crippen molar-refractivity contribution in [1.29, 1.82) is 0 Å². The fourth-order valence-corrected chi connectivity index (χ4v) is 2.81. The summed E-state index contributed by atoms with van der Waals surface area (Å²) in [7, 11) is 0. The van der Waals surface area contributed by atoms with Crippen molar-refractivity contribution in [3.63, 3.8) is 0 Å². The van der Waals surface area contributed by atoms with Gasteiger partial charge in [0, 0.05) is 11.1 Å². The van der Waals surface area contributed by atoms with E-state index in [4.69, 9.17) is 0 Å². The van der Waals surface area contributed by atoms with E-state index in [0.29, 0.717) is 0 Å². The fraction of sp³-hybridized carbons (Fsp3) is 0.0357. The van der Waals surface area contributed by atoms with E-state index in [1.165, 1.54) is 0 Å². The molecule has 0 unspecified atom stereocenters. The molecule has 0 aliphatic carbocycles. The van der Waals surface area contributed by atoms with Gasteiger partial charge in [-0.3, -0.25) is 4.79 Å². The molecule has 0 spiro atoms. The van der Waals surface area contributed by atoms with E-state index in [9.17, 15) is 9.90 Å². The summed E-state index contributed by atoms with van der Waals surface area (Å²) in [4.78, 5) is 11.8. The van der Waals surface area contributed by atoms with Gasteiger partial charge in [-0.25, -0.2) is 0 Å². The number of aliphatic hydroxyl groups is 1. The van der Waals surface area contributed by atoms with Gasteiger partial charge in [-0.15, -0.1) is 0 Å². The molecule has 0 aliphatic rings. The maximum absolute atomic E-state index is 11.8. The van der Waals surface area contributed by atoms with Crippen molar-refractivity contribution in [2.75, 3.05) is 0 Å². The van der Waals surface area contributed by atoms with Gasteiger partial charge in [-0.05, 0) is 11.1 Å². The Morgan fingerprint density at radius 2 is 0.750 bits per heavy atom. The van der Waals surface area contributed by atoms with Gasteiger partial charge < -0.3 is 20.0 Å². The van der Waals surface area contributed by atoms with Crippen LogP contribution in [0, 0.1) is 14.9 Å². The molecule has 4 heteroatoms. The van der Waals surface area contributed by atoms with Crippen LogP contribution in [0.25, 0.3) is 0 Å². The number of rotatable bonds is 4. The molecule has 0 aliphatic heterocycles. The number of carbonyl (C=O) groups excluding carboxylic acids is 1. The Morgan fingerprint density at radius 3 is 1.03 bits per heavy atom. The molecule has 0 amide bonds. The largest absolute Gasteiger partial charge is 1.00 e. The smallest absolute Gasteiger partial charge is 0.384 e. The number of hydrogen-bond donors (Lipinski definition) is 1. The average molecular weight is 567 g/mol. The third-order valence-corrected chi connectivity index (χ3v) is 4.30. The van der Waals surface area contributed by atoms with Crippen LogP contribution in [0.4, 0.5) is 0 Å². The van der Waals surface area contributed by atoms with Crippen LogP contribution in [0.3, 0.4) is 0 Å². The Bertz CT molecular complexity index is 896. The number of aliphatic hydroxyl groups excluding tert-OH is 1. The summed E-state index contributed by atoms with van der Waals surface area (Å²) >= 11 is 0. The molecule has 32 heavy (non-hydrogen) atoms. The minimum atomic E-state index is -0.516. The van der Waals surface area contributed by atoms with Crippen LogP contribution >= 0.6 is 0 Å². The minimum Gasteiger partial charge on any atom is -0.384 e. The molecule has 4 rings (SSSR count). The average Bonchev–Trinajstić information content (AvgIpc) is 2.81. The van der Waals surface area contributed by atoms with Gasteiger partial charge in [-0.2, -0.15) is 0 Å². The van der Waals surface area contributed by atoms with E-state index in [1.807, 2.05) is 121 Å². The van der Waals surface area contributed by atoms with Crippen LogP contribution < -0.4 is 116 Å². The normalized spacial score (nSPS) is 8.81. The number of carbonyl (C=O) groups is 1. The predicted octanol–water partition coefficient (Wildman–Crippen LogP) is 0.594. The first-order valence-electron chi connectivity index (χ1n) is 9.18. The molecule has 0 aromatic heterocycles. The predicted molar refractivity (Wildman–Crippen MR) is 126 cm³/mol. The second kappa shape index (κ2) is 19.4. The molecule has 2 nitrogen and oxygen atoms in total. The Kier molecular flexibility index (Phi) is 20.8. The van der Waals surface area contributed by atoms with Crippen LogP contribution in [-0.2, 0) is 0 Å². The molecule has 0 heterocycles. The van der Waals surface area contributed by atoms with Crippen LogP contribution in [0.1, 0.15) is 33.2 Å². The van der Waals surface area contributed by atoms with Gasteiger partial charge in [0.25, 0.3) is 0 Å². The first-order valence-corrected chi connectivity index (χ1v) is 9.18. The van der Waals surface area contributed by atoms with Gasteiger partial charge in [0.05, 0.1) is 0 Å². The van der Waals surface area contributed by atoms with Crippen LogP contribution in [0.5, 0.6) is 0 Å². The molecule has 4 aromatic carbocycles. The zero-order valence-electron chi connectivity index (χ0n) is 19.5. The minimum absolute atomic E-state index is 0. The summed E-state index contributed by atoms with van der Waals surface area (Å²) in [5.41, 5.74) is 3.33. The molecule has 0 atom stereocenters. The molecule has 0 radical (unpaired) electrons. The molecule has 0 fully saturated rings. The van der Waals surface area contributed by atoms with E-state index in [1.54, 1.807) is 0 Å². The van der Waals surface area contributed by atoms with Crippen LogP contribution in [0.2, 0.25) is 0 Å². The van der Waals surface area contributed by atoms with Gasteiger partial charge >= 0.3 is 116 Å². The maximum atomic E-state index is 11.8. The van der Waals surface area contributed by atoms with Gasteiger partial charge in [0.15, 0.2) is 5.78 Å². The van der Waals surface area contributed by atoms with Crippen molar-refractivity contribution < 1.29 is 126 Å². The van der Waals surface area contributed by atoms with Gasteiger partial charge in [0.2, 0.25) is 0 Å². The Balaban J connectivity index is 0.